The van der Waals surface area contributed by atoms with Crippen LogP contribution in [-0.4, -0.2) is 26.7 Å². The normalized spacial score (nSPS) is 14.1. The fraction of sp³-hybridized carbons (Fsp3) is 0.222. The topological polar surface area (TPSA) is 64.3 Å². The lowest BCUT2D eigenvalue weighted by Crippen LogP contribution is -2.06. The summed E-state index contributed by atoms with van der Waals surface area (Å²) in [6.45, 7) is 0. The van der Waals surface area contributed by atoms with Crippen molar-refractivity contribution in [1.82, 2.24) is 14.6 Å². The first-order chi connectivity index (χ1) is 11.2. The van der Waals surface area contributed by atoms with Gasteiger partial charge >= 0.3 is 0 Å². The molecule has 0 unspecified atom stereocenters. The van der Waals surface area contributed by atoms with E-state index in [1.54, 1.807) is 16.6 Å². The van der Waals surface area contributed by atoms with Crippen LogP contribution in [0, 0.1) is 5.92 Å². The zero-order valence-corrected chi connectivity index (χ0v) is 12.5. The molecule has 0 radical (unpaired) electrons. The highest BCUT2D eigenvalue weighted by atomic mass is 16.1. The molecule has 3 aromatic rings. The Morgan fingerprint density at radius 3 is 2.65 bits per heavy atom. The lowest BCUT2D eigenvalue weighted by molar-refractivity contribution is -0.119. The first-order valence-corrected chi connectivity index (χ1v) is 7.67. The number of hydrogen-bond acceptors (Lipinski definition) is 4. The molecule has 0 N–H and O–H groups in total. The summed E-state index contributed by atoms with van der Waals surface area (Å²) in [5.41, 5.74) is 3.19. The van der Waals surface area contributed by atoms with Crippen LogP contribution >= 0.6 is 0 Å². The zero-order valence-electron chi connectivity index (χ0n) is 12.5. The van der Waals surface area contributed by atoms with Gasteiger partial charge in [-0.1, -0.05) is 30.3 Å². The maximum atomic E-state index is 12.0. The number of hydrogen-bond donors (Lipinski definition) is 0. The van der Waals surface area contributed by atoms with Crippen molar-refractivity contribution in [3.05, 3.63) is 53.9 Å². The van der Waals surface area contributed by atoms with E-state index >= 15 is 0 Å². The van der Waals surface area contributed by atoms with E-state index in [2.05, 4.69) is 10.1 Å². The molecule has 5 heteroatoms. The van der Waals surface area contributed by atoms with Crippen molar-refractivity contribution in [3.8, 4) is 11.3 Å². The minimum Gasteiger partial charge on any atom is -0.299 e. The summed E-state index contributed by atoms with van der Waals surface area (Å²) in [6.07, 6.45) is 3.12. The summed E-state index contributed by atoms with van der Waals surface area (Å²) in [6, 6.07) is 13.1. The van der Waals surface area contributed by atoms with E-state index in [0.717, 1.165) is 36.0 Å². The summed E-state index contributed by atoms with van der Waals surface area (Å²) in [5.74, 6) is 1.02. The molecule has 23 heavy (non-hydrogen) atoms. The third kappa shape index (κ3) is 2.65. The largest absolute Gasteiger partial charge is 0.299 e. The van der Waals surface area contributed by atoms with Crippen LogP contribution in [0.5, 0.6) is 0 Å². The van der Waals surface area contributed by atoms with Crippen molar-refractivity contribution < 1.29 is 9.59 Å². The summed E-state index contributed by atoms with van der Waals surface area (Å²) in [4.78, 5) is 27.2. The van der Waals surface area contributed by atoms with Crippen molar-refractivity contribution in [3.63, 3.8) is 0 Å². The van der Waals surface area contributed by atoms with Gasteiger partial charge in [0.25, 0.3) is 0 Å². The predicted octanol–water partition coefficient (Wildman–Crippen LogP) is 2.73. The Kier molecular flexibility index (Phi) is 3.26. The number of fused-ring (bicyclic) bond motifs is 1. The maximum absolute atomic E-state index is 12.0. The van der Waals surface area contributed by atoms with Crippen LogP contribution in [0.4, 0.5) is 0 Å². The van der Waals surface area contributed by atoms with E-state index in [-0.39, 0.29) is 11.7 Å². The molecule has 0 bridgehead atoms. The first kappa shape index (κ1) is 13.8. The smallest absolute Gasteiger partial charge is 0.159 e. The number of ketones is 1. The summed E-state index contributed by atoms with van der Waals surface area (Å²) < 4.78 is 1.76. The fourth-order valence-corrected chi connectivity index (χ4v) is 2.68. The lowest BCUT2D eigenvalue weighted by Gasteiger charge is -2.04. The molecule has 4 rings (SSSR count). The Morgan fingerprint density at radius 1 is 1.17 bits per heavy atom. The average Bonchev–Trinajstić information content (AvgIpc) is 3.35. The van der Waals surface area contributed by atoms with Crippen LogP contribution in [-0.2, 0) is 11.2 Å². The molecule has 5 nitrogen and oxygen atoms in total. The number of carbonyl (C=O) groups excluding carboxylic acids is 2. The molecule has 0 amide bonds. The molecular weight excluding hydrogens is 290 g/mol. The Labute approximate surface area is 133 Å². The van der Waals surface area contributed by atoms with E-state index in [0.29, 0.717) is 17.8 Å². The number of rotatable bonds is 5. The summed E-state index contributed by atoms with van der Waals surface area (Å²) in [7, 11) is 0. The van der Waals surface area contributed by atoms with Gasteiger partial charge in [-0.15, -0.1) is 0 Å². The van der Waals surface area contributed by atoms with Crippen molar-refractivity contribution >= 4 is 17.7 Å². The van der Waals surface area contributed by atoms with E-state index < -0.39 is 0 Å². The Hall–Kier alpha value is -2.82. The van der Waals surface area contributed by atoms with E-state index in [1.807, 2.05) is 30.3 Å². The molecule has 0 atom stereocenters. The number of aromatic nitrogens is 3. The summed E-state index contributed by atoms with van der Waals surface area (Å²) >= 11 is 0. The molecule has 1 saturated carbocycles. The quantitative estimate of drug-likeness (QED) is 0.680. The zero-order chi connectivity index (χ0) is 15.8. The van der Waals surface area contributed by atoms with Gasteiger partial charge < -0.3 is 0 Å². The van der Waals surface area contributed by atoms with Gasteiger partial charge in [0.15, 0.2) is 11.5 Å². The van der Waals surface area contributed by atoms with E-state index in [4.69, 9.17) is 0 Å². The molecule has 114 valence electrons. The number of pyridine rings is 1. The first-order valence-electron chi connectivity index (χ1n) is 7.67. The van der Waals surface area contributed by atoms with Crippen LogP contribution in [0.1, 0.15) is 29.0 Å². The SMILES string of the molecule is O=Cc1ccc(-c2cccc3nc(CC(=O)C4CC4)nn23)cc1. The second-order valence-corrected chi connectivity index (χ2v) is 5.87. The third-order valence-corrected chi connectivity index (χ3v) is 4.11. The molecule has 0 aliphatic heterocycles. The van der Waals surface area contributed by atoms with E-state index in [1.165, 1.54) is 0 Å². The van der Waals surface area contributed by atoms with Crippen LogP contribution in [0.2, 0.25) is 0 Å². The van der Waals surface area contributed by atoms with Crippen molar-refractivity contribution in [2.75, 3.05) is 0 Å². The molecule has 1 aliphatic carbocycles. The van der Waals surface area contributed by atoms with Gasteiger partial charge in [-0.3, -0.25) is 9.59 Å². The number of benzene rings is 1. The van der Waals surface area contributed by atoms with Gasteiger partial charge in [-0.2, -0.15) is 5.10 Å². The minimum absolute atomic E-state index is 0.219. The molecule has 1 fully saturated rings. The highest BCUT2D eigenvalue weighted by Gasteiger charge is 2.30. The number of aldehydes is 1. The maximum Gasteiger partial charge on any atom is 0.159 e. The summed E-state index contributed by atoms with van der Waals surface area (Å²) in [5, 5.41) is 4.50. The monoisotopic (exact) mass is 305 g/mol. The van der Waals surface area contributed by atoms with E-state index in [9.17, 15) is 9.59 Å². The van der Waals surface area contributed by atoms with Crippen LogP contribution in [0.25, 0.3) is 16.9 Å². The predicted molar refractivity (Wildman–Crippen MR) is 85.2 cm³/mol. The van der Waals surface area contributed by atoms with Gasteiger partial charge in [0.2, 0.25) is 0 Å². The van der Waals surface area contributed by atoms with Crippen molar-refractivity contribution in [1.29, 1.82) is 0 Å². The molecule has 1 aromatic carbocycles. The second kappa shape index (κ2) is 5.43. The molecular formula is C18H15N3O2. The molecule has 2 heterocycles. The van der Waals surface area contributed by atoms with Gasteiger partial charge in [-0.25, -0.2) is 9.50 Å². The van der Waals surface area contributed by atoms with Gasteiger partial charge in [-0.05, 0) is 25.0 Å². The Balaban J connectivity index is 1.72. The van der Waals surface area contributed by atoms with Crippen LogP contribution in [0.15, 0.2) is 42.5 Å². The molecule has 0 spiro atoms. The van der Waals surface area contributed by atoms with Gasteiger partial charge in [0.05, 0.1) is 12.1 Å². The third-order valence-electron chi connectivity index (χ3n) is 4.11. The lowest BCUT2D eigenvalue weighted by atomic mass is 10.1. The van der Waals surface area contributed by atoms with Crippen LogP contribution in [0.3, 0.4) is 0 Å². The fourth-order valence-electron chi connectivity index (χ4n) is 2.68. The standard InChI is InChI=1S/C18H15N3O2/c22-11-12-4-6-13(7-5-12)15-2-1-3-18-19-17(20-21(15)18)10-16(23)14-8-9-14/h1-7,11,14H,8-10H2. The minimum atomic E-state index is 0.219. The Morgan fingerprint density at radius 2 is 1.96 bits per heavy atom. The number of carbonyl (C=O) groups is 2. The van der Waals surface area contributed by atoms with Crippen LogP contribution < -0.4 is 0 Å². The average molecular weight is 305 g/mol. The molecule has 1 aliphatic rings. The van der Waals surface area contributed by atoms with Gasteiger partial charge in [0.1, 0.15) is 12.1 Å². The number of Topliss-reactive ketones (excluding diaryl/α,β-unsaturated/α-hetero) is 1. The molecule has 2 aromatic heterocycles. The highest BCUT2D eigenvalue weighted by Crippen LogP contribution is 2.30. The number of nitrogens with zero attached hydrogens (tertiary/aromatic N) is 3. The Bertz CT molecular complexity index is 892. The second-order valence-electron chi connectivity index (χ2n) is 5.87. The highest BCUT2D eigenvalue weighted by molar-refractivity contribution is 5.84. The van der Waals surface area contributed by atoms with Crippen molar-refractivity contribution in [2.24, 2.45) is 5.92 Å². The molecule has 0 saturated heterocycles. The van der Waals surface area contributed by atoms with Crippen molar-refractivity contribution in [2.45, 2.75) is 19.3 Å². The van der Waals surface area contributed by atoms with Gasteiger partial charge in [0, 0.05) is 17.0 Å².